The van der Waals surface area contributed by atoms with Crippen LogP contribution in [0.5, 0.6) is 0 Å². The molecule has 4 nitrogen and oxygen atoms in total. The Hall–Kier alpha value is -1.80. The molecule has 19 heavy (non-hydrogen) atoms. The molecule has 1 heterocycles. The molecule has 0 saturated heterocycles. The van der Waals surface area contributed by atoms with Crippen LogP contribution < -0.4 is 0 Å². The van der Waals surface area contributed by atoms with E-state index >= 15 is 0 Å². The van der Waals surface area contributed by atoms with E-state index in [-0.39, 0.29) is 5.25 Å². The van der Waals surface area contributed by atoms with Crippen LogP contribution in [-0.2, 0) is 12.8 Å². The van der Waals surface area contributed by atoms with Gasteiger partial charge in [0.05, 0.1) is 11.3 Å². The molecular formula is C14H15N3OS. The van der Waals surface area contributed by atoms with Crippen LogP contribution in [0.3, 0.4) is 0 Å². The molecule has 1 aromatic heterocycles. The van der Waals surface area contributed by atoms with E-state index in [1.54, 1.807) is 0 Å². The minimum absolute atomic E-state index is 0.169. The van der Waals surface area contributed by atoms with Crippen LogP contribution >= 0.6 is 11.8 Å². The first-order chi connectivity index (χ1) is 9.28. The molecule has 0 aliphatic rings. The molecule has 1 atom stereocenters. The minimum atomic E-state index is -0.169. The second-order valence-corrected chi connectivity index (χ2v) is 5.48. The van der Waals surface area contributed by atoms with Crippen molar-refractivity contribution in [2.45, 2.75) is 36.7 Å². The smallest absolute Gasteiger partial charge is 0.277 e. The number of aromatic nitrogens is 2. The van der Waals surface area contributed by atoms with E-state index < -0.39 is 0 Å². The molecule has 0 radical (unpaired) electrons. The molecular weight excluding hydrogens is 258 g/mol. The molecule has 5 heteroatoms. The molecule has 0 spiro atoms. The van der Waals surface area contributed by atoms with Crippen LogP contribution in [0.2, 0.25) is 0 Å². The highest BCUT2D eigenvalue weighted by molar-refractivity contribution is 7.99. The summed E-state index contributed by atoms with van der Waals surface area (Å²) in [6, 6.07) is 12.5. The zero-order valence-electron chi connectivity index (χ0n) is 10.7. The number of nitrogens with zero attached hydrogens (tertiary/aromatic N) is 3. The highest BCUT2D eigenvalue weighted by Gasteiger charge is 2.10. The SMILES string of the molecule is C[C@@H](C#N)Sc1nnc(CCCc2ccccc2)o1. The molecule has 0 aliphatic carbocycles. The summed E-state index contributed by atoms with van der Waals surface area (Å²) in [5.74, 6) is 0.642. The van der Waals surface area contributed by atoms with Gasteiger partial charge in [-0.15, -0.1) is 10.2 Å². The predicted octanol–water partition coefficient (Wildman–Crippen LogP) is 3.25. The number of rotatable bonds is 6. The van der Waals surface area contributed by atoms with Crippen molar-refractivity contribution in [1.82, 2.24) is 10.2 Å². The van der Waals surface area contributed by atoms with Crippen LogP contribution in [0.4, 0.5) is 0 Å². The molecule has 0 aliphatic heterocycles. The van der Waals surface area contributed by atoms with Crippen LogP contribution in [0.1, 0.15) is 24.8 Å². The standard InChI is InChI=1S/C14H15N3OS/c1-11(10-15)19-14-17-16-13(18-14)9-5-8-12-6-3-2-4-7-12/h2-4,6-7,11H,5,8-9H2,1H3/t11-/m0/s1. The van der Waals surface area contributed by atoms with E-state index in [2.05, 4.69) is 28.4 Å². The van der Waals surface area contributed by atoms with Gasteiger partial charge in [0.1, 0.15) is 0 Å². The summed E-state index contributed by atoms with van der Waals surface area (Å²) in [5.41, 5.74) is 1.31. The highest BCUT2D eigenvalue weighted by Crippen LogP contribution is 2.21. The van der Waals surface area contributed by atoms with Crippen molar-refractivity contribution < 1.29 is 4.42 Å². The molecule has 98 valence electrons. The Labute approximate surface area is 116 Å². The zero-order chi connectivity index (χ0) is 13.5. The number of nitriles is 1. The van der Waals surface area contributed by atoms with Crippen LogP contribution in [0.25, 0.3) is 0 Å². The molecule has 0 bridgehead atoms. The molecule has 1 aromatic carbocycles. The van der Waals surface area contributed by atoms with Gasteiger partial charge in [-0.25, -0.2) is 0 Å². The van der Waals surface area contributed by atoms with Crippen LogP contribution in [-0.4, -0.2) is 15.4 Å². The topological polar surface area (TPSA) is 62.7 Å². The maximum Gasteiger partial charge on any atom is 0.277 e. The maximum absolute atomic E-state index is 8.71. The van der Waals surface area contributed by atoms with Crippen molar-refractivity contribution in [2.75, 3.05) is 0 Å². The van der Waals surface area contributed by atoms with Crippen molar-refractivity contribution in [1.29, 1.82) is 5.26 Å². The Morgan fingerprint density at radius 1 is 1.26 bits per heavy atom. The number of benzene rings is 1. The van der Waals surface area contributed by atoms with Crippen LogP contribution in [0.15, 0.2) is 40.0 Å². The summed E-state index contributed by atoms with van der Waals surface area (Å²) in [7, 11) is 0. The predicted molar refractivity (Wildman–Crippen MR) is 73.7 cm³/mol. The van der Waals surface area contributed by atoms with Crippen molar-refractivity contribution in [3.8, 4) is 6.07 Å². The largest absolute Gasteiger partial charge is 0.416 e. The van der Waals surface area contributed by atoms with Gasteiger partial charge in [0.15, 0.2) is 0 Å². The second kappa shape index (κ2) is 6.95. The molecule has 0 amide bonds. The molecule has 0 N–H and O–H groups in total. The van der Waals surface area contributed by atoms with Crippen LogP contribution in [0, 0.1) is 11.3 Å². The molecule has 0 fully saturated rings. The quantitative estimate of drug-likeness (QED) is 0.756. The van der Waals surface area contributed by atoms with E-state index in [0.29, 0.717) is 11.1 Å². The number of hydrogen-bond donors (Lipinski definition) is 0. The van der Waals surface area contributed by atoms with Gasteiger partial charge in [0, 0.05) is 6.42 Å². The van der Waals surface area contributed by atoms with Crippen molar-refractivity contribution in [2.24, 2.45) is 0 Å². The Morgan fingerprint density at radius 3 is 2.79 bits per heavy atom. The molecule has 2 rings (SSSR count). The van der Waals surface area contributed by atoms with E-state index in [0.717, 1.165) is 19.3 Å². The first-order valence-corrected chi connectivity index (χ1v) is 7.08. The summed E-state index contributed by atoms with van der Waals surface area (Å²) in [4.78, 5) is 0. The van der Waals surface area contributed by atoms with Gasteiger partial charge in [-0.2, -0.15) is 5.26 Å². The van der Waals surface area contributed by atoms with Crippen molar-refractivity contribution in [3.63, 3.8) is 0 Å². The van der Waals surface area contributed by atoms with E-state index in [4.69, 9.17) is 9.68 Å². The maximum atomic E-state index is 8.71. The van der Waals surface area contributed by atoms with Gasteiger partial charge >= 0.3 is 0 Å². The Morgan fingerprint density at radius 2 is 2.05 bits per heavy atom. The Kier molecular flexibility index (Phi) is 4.99. The zero-order valence-corrected chi connectivity index (χ0v) is 11.6. The lowest BCUT2D eigenvalue weighted by Gasteiger charge is -1.98. The van der Waals surface area contributed by atoms with Crippen molar-refractivity contribution in [3.05, 3.63) is 41.8 Å². The van der Waals surface area contributed by atoms with Gasteiger partial charge in [0.2, 0.25) is 5.89 Å². The summed E-state index contributed by atoms with van der Waals surface area (Å²) in [5, 5.41) is 16.9. The Balaban J connectivity index is 1.79. The number of thioether (sulfide) groups is 1. The Bertz CT molecular complexity index is 547. The number of aryl methyl sites for hydroxylation is 2. The van der Waals surface area contributed by atoms with Gasteiger partial charge in [-0.1, -0.05) is 30.3 Å². The van der Waals surface area contributed by atoms with Gasteiger partial charge < -0.3 is 4.42 Å². The van der Waals surface area contributed by atoms with E-state index in [1.165, 1.54) is 17.3 Å². The average Bonchev–Trinajstić information content (AvgIpc) is 2.87. The monoisotopic (exact) mass is 273 g/mol. The summed E-state index contributed by atoms with van der Waals surface area (Å²) >= 11 is 1.29. The third-order valence-corrected chi connectivity index (χ3v) is 3.43. The summed E-state index contributed by atoms with van der Waals surface area (Å²) < 4.78 is 5.48. The lowest BCUT2D eigenvalue weighted by Crippen LogP contribution is -1.90. The first kappa shape index (κ1) is 13.6. The highest BCUT2D eigenvalue weighted by atomic mass is 32.2. The molecule has 0 unspecified atom stereocenters. The lowest BCUT2D eigenvalue weighted by molar-refractivity contribution is 0.409. The fourth-order valence-electron chi connectivity index (χ4n) is 1.65. The van der Waals surface area contributed by atoms with Gasteiger partial charge in [-0.3, -0.25) is 0 Å². The normalized spacial score (nSPS) is 12.0. The first-order valence-electron chi connectivity index (χ1n) is 6.20. The number of hydrogen-bond acceptors (Lipinski definition) is 5. The summed E-state index contributed by atoms with van der Waals surface area (Å²) in [6.07, 6.45) is 2.74. The van der Waals surface area contributed by atoms with Crippen molar-refractivity contribution >= 4 is 11.8 Å². The van der Waals surface area contributed by atoms with E-state index in [1.807, 2.05) is 25.1 Å². The van der Waals surface area contributed by atoms with E-state index in [9.17, 15) is 0 Å². The second-order valence-electron chi connectivity index (χ2n) is 4.19. The summed E-state index contributed by atoms with van der Waals surface area (Å²) in [6.45, 7) is 1.81. The third-order valence-electron chi connectivity index (χ3n) is 2.61. The third kappa shape index (κ3) is 4.42. The molecule has 0 saturated carbocycles. The van der Waals surface area contributed by atoms with Gasteiger partial charge in [-0.05, 0) is 37.1 Å². The molecule has 2 aromatic rings. The fourth-order valence-corrected chi connectivity index (χ4v) is 2.24. The fraction of sp³-hybridized carbons (Fsp3) is 0.357. The average molecular weight is 273 g/mol. The minimum Gasteiger partial charge on any atom is -0.416 e. The lowest BCUT2D eigenvalue weighted by atomic mass is 10.1. The van der Waals surface area contributed by atoms with Gasteiger partial charge in [0.25, 0.3) is 5.22 Å².